The molecule has 1 N–H and O–H groups in total. The summed E-state index contributed by atoms with van der Waals surface area (Å²) in [5.41, 5.74) is 1.10. The molecule has 2 heterocycles. The lowest BCUT2D eigenvalue weighted by Crippen LogP contribution is -2.39. The van der Waals surface area contributed by atoms with Crippen molar-refractivity contribution in [1.82, 2.24) is 19.7 Å². The third-order valence-electron chi connectivity index (χ3n) is 3.44. The van der Waals surface area contributed by atoms with Crippen molar-refractivity contribution in [1.29, 1.82) is 0 Å². The lowest BCUT2D eigenvalue weighted by atomic mass is 10.1. The number of aromatic nitrogens is 3. The van der Waals surface area contributed by atoms with Crippen molar-refractivity contribution < 1.29 is 13.2 Å². The smallest absolute Gasteiger partial charge is 0.259 e. The van der Waals surface area contributed by atoms with E-state index in [2.05, 4.69) is 15.0 Å². The number of para-hydroxylation sites is 1. The van der Waals surface area contributed by atoms with E-state index < -0.39 is 10.0 Å². The fraction of sp³-hybridized carbons (Fsp3) is 0.385. The average Bonchev–Trinajstić information content (AvgIpc) is 2.80. The van der Waals surface area contributed by atoms with E-state index in [1.807, 2.05) is 24.3 Å². The highest BCUT2D eigenvalue weighted by Gasteiger charge is 2.25. The van der Waals surface area contributed by atoms with Crippen LogP contribution in [0.25, 0.3) is 0 Å². The Hall–Kier alpha value is -1.93. The second-order valence-corrected chi connectivity index (χ2v) is 6.63. The summed E-state index contributed by atoms with van der Waals surface area (Å²) in [7, 11) is -2.10. The van der Waals surface area contributed by atoms with Crippen molar-refractivity contribution in [2.45, 2.75) is 23.9 Å². The average molecular weight is 308 g/mol. The molecule has 21 heavy (non-hydrogen) atoms. The summed E-state index contributed by atoms with van der Waals surface area (Å²) in [5, 5.41) is 7.28. The Morgan fingerprint density at radius 3 is 2.95 bits per heavy atom. The maximum Gasteiger partial charge on any atom is 0.259 e. The molecule has 3 rings (SSSR count). The molecule has 0 amide bonds. The second-order valence-electron chi connectivity index (χ2n) is 4.97. The molecule has 0 saturated heterocycles. The summed E-state index contributed by atoms with van der Waals surface area (Å²) in [5.74, 6) is 0.821. The lowest BCUT2D eigenvalue weighted by Gasteiger charge is -2.15. The van der Waals surface area contributed by atoms with E-state index in [9.17, 15) is 8.42 Å². The van der Waals surface area contributed by atoms with Crippen LogP contribution in [-0.2, 0) is 23.5 Å². The Morgan fingerprint density at radius 2 is 2.19 bits per heavy atom. The molecule has 0 bridgehead atoms. The summed E-state index contributed by atoms with van der Waals surface area (Å²) in [4.78, 5) is 0. The molecule has 0 spiro atoms. The van der Waals surface area contributed by atoms with E-state index in [-0.39, 0.29) is 11.1 Å². The first-order valence-corrected chi connectivity index (χ1v) is 8.12. The third-order valence-corrected chi connectivity index (χ3v) is 5.01. The van der Waals surface area contributed by atoms with Crippen LogP contribution in [0.4, 0.5) is 0 Å². The number of hydrogen-bond donors (Lipinski definition) is 1. The zero-order chi connectivity index (χ0) is 14.9. The Kier molecular flexibility index (Phi) is 3.64. The lowest BCUT2D eigenvalue weighted by molar-refractivity contribution is 0.283. The van der Waals surface area contributed by atoms with Gasteiger partial charge >= 0.3 is 0 Å². The summed E-state index contributed by atoms with van der Waals surface area (Å²) < 4.78 is 34.2. The van der Waals surface area contributed by atoms with Crippen LogP contribution in [0, 0.1) is 0 Å². The maximum atomic E-state index is 12.3. The molecular weight excluding hydrogens is 292 g/mol. The third kappa shape index (κ3) is 2.91. The van der Waals surface area contributed by atoms with Gasteiger partial charge in [0.15, 0.2) is 5.03 Å². The van der Waals surface area contributed by atoms with Gasteiger partial charge in [-0.15, -0.1) is 5.10 Å². The molecule has 7 nitrogen and oxygen atoms in total. The van der Waals surface area contributed by atoms with Crippen molar-refractivity contribution >= 4 is 10.0 Å². The molecule has 0 radical (unpaired) electrons. The van der Waals surface area contributed by atoms with Crippen molar-refractivity contribution in [3.63, 3.8) is 0 Å². The van der Waals surface area contributed by atoms with Gasteiger partial charge in [0.1, 0.15) is 12.4 Å². The van der Waals surface area contributed by atoms with Gasteiger partial charge in [-0.25, -0.2) is 17.8 Å². The standard InChI is InChI=1S/C13H16N4O3S/c1-17-13(8-14-16-17)21(18,19)15-11-7-6-10-4-2-3-5-12(10)20-9-11/h2-5,8,11,15H,6-7,9H2,1H3. The number of sulfonamides is 1. The Labute approximate surface area is 123 Å². The molecule has 8 heteroatoms. The van der Waals surface area contributed by atoms with Gasteiger partial charge in [0.05, 0.1) is 12.2 Å². The Balaban J connectivity index is 1.74. The minimum Gasteiger partial charge on any atom is -0.492 e. The summed E-state index contributed by atoms with van der Waals surface area (Å²) >= 11 is 0. The molecule has 112 valence electrons. The van der Waals surface area contributed by atoms with E-state index >= 15 is 0 Å². The largest absolute Gasteiger partial charge is 0.492 e. The molecule has 1 aromatic carbocycles. The van der Waals surface area contributed by atoms with Crippen LogP contribution >= 0.6 is 0 Å². The molecule has 1 aromatic heterocycles. The van der Waals surface area contributed by atoms with Gasteiger partial charge in [-0.3, -0.25) is 0 Å². The quantitative estimate of drug-likeness (QED) is 0.891. The molecule has 1 aliphatic rings. The molecule has 0 saturated carbocycles. The van der Waals surface area contributed by atoms with Crippen molar-refractivity contribution in [2.75, 3.05) is 6.61 Å². The molecule has 0 fully saturated rings. The number of rotatable bonds is 3. The number of benzene rings is 1. The van der Waals surface area contributed by atoms with E-state index in [0.29, 0.717) is 13.0 Å². The van der Waals surface area contributed by atoms with Gasteiger partial charge in [-0.2, -0.15) is 0 Å². The predicted molar refractivity (Wildman–Crippen MR) is 75.4 cm³/mol. The van der Waals surface area contributed by atoms with Gasteiger partial charge in [-0.1, -0.05) is 23.4 Å². The van der Waals surface area contributed by atoms with Gasteiger partial charge in [0.2, 0.25) is 0 Å². The van der Waals surface area contributed by atoms with Crippen LogP contribution in [0.2, 0.25) is 0 Å². The van der Waals surface area contributed by atoms with Crippen molar-refractivity contribution in [2.24, 2.45) is 7.05 Å². The van der Waals surface area contributed by atoms with Gasteiger partial charge in [0, 0.05) is 7.05 Å². The maximum absolute atomic E-state index is 12.3. The number of aryl methyl sites for hydroxylation is 2. The van der Waals surface area contributed by atoms with Crippen molar-refractivity contribution in [3.8, 4) is 5.75 Å². The summed E-state index contributed by atoms with van der Waals surface area (Å²) in [6, 6.07) is 7.48. The SMILES string of the molecule is Cn1nncc1S(=O)(=O)NC1CCc2ccccc2OC1. The summed E-state index contributed by atoms with van der Waals surface area (Å²) in [6.45, 7) is 0.307. The zero-order valence-corrected chi connectivity index (χ0v) is 12.4. The molecule has 1 aliphatic heterocycles. The first kappa shape index (κ1) is 14.0. The number of nitrogens with one attached hydrogen (secondary N) is 1. The molecule has 2 aromatic rings. The van der Waals surface area contributed by atoms with Crippen LogP contribution in [-0.4, -0.2) is 36.1 Å². The fourth-order valence-electron chi connectivity index (χ4n) is 2.35. The van der Waals surface area contributed by atoms with E-state index in [1.54, 1.807) is 7.05 Å². The fourth-order valence-corrected chi connectivity index (χ4v) is 3.67. The van der Waals surface area contributed by atoms with E-state index in [4.69, 9.17) is 4.74 Å². The van der Waals surface area contributed by atoms with E-state index in [0.717, 1.165) is 17.7 Å². The van der Waals surface area contributed by atoms with Crippen LogP contribution < -0.4 is 9.46 Å². The molecule has 0 aliphatic carbocycles. The number of hydrogen-bond acceptors (Lipinski definition) is 5. The highest BCUT2D eigenvalue weighted by Crippen LogP contribution is 2.24. The first-order valence-electron chi connectivity index (χ1n) is 6.64. The molecule has 1 atom stereocenters. The van der Waals surface area contributed by atoms with Gasteiger partial charge in [0.25, 0.3) is 10.0 Å². The van der Waals surface area contributed by atoms with Crippen LogP contribution in [0.1, 0.15) is 12.0 Å². The first-order chi connectivity index (χ1) is 10.1. The zero-order valence-electron chi connectivity index (χ0n) is 11.6. The van der Waals surface area contributed by atoms with Crippen molar-refractivity contribution in [3.05, 3.63) is 36.0 Å². The normalized spacial score (nSPS) is 18.6. The Morgan fingerprint density at radius 1 is 1.38 bits per heavy atom. The van der Waals surface area contributed by atoms with E-state index in [1.165, 1.54) is 10.9 Å². The number of fused-ring (bicyclic) bond motifs is 1. The van der Waals surface area contributed by atoms with Gasteiger partial charge < -0.3 is 4.74 Å². The predicted octanol–water partition coefficient (Wildman–Crippen LogP) is 0.487. The highest BCUT2D eigenvalue weighted by atomic mass is 32.2. The second kappa shape index (κ2) is 5.45. The van der Waals surface area contributed by atoms with Crippen LogP contribution in [0.5, 0.6) is 5.75 Å². The minimum atomic E-state index is -3.64. The number of ether oxygens (including phenoxy) is 1. The monoisotopic (exact) mass is 308 g/mol. The topological polar surface area (TPSA) is 86.1 Å². The molecular formula is C13H16N4O3S. The number of nitrogens with zero attached hydrogens (tertiary/aromatic N) is 3. The molecule has 1 unspecified atom stereocenters. The Bertz CT molecular complexity index is 714. The minimum absolute atomic E-state index is 0.0456. The van der Waals surface area contributed by atoms with Gasteiger partial charge in [-0.05, 0) is 24.5 Å². The summed E-state index contributed by atoms with van der Waals surface area (Å²) in [6.07, 6.45) is 2.68. The van der Waals surface area contributed by atoms with Crippen LogP contribution in [0.3, 0.4) is 0 Å². The van der Waals surface area contributed by atoms with Crippen LogP contribution in [0.15, 0.2) is 35.5 Å². The highest BCUT2D eigenvalue weighted by molar-refractivity contribution is 7.89.